The van der Waals surface area contributed by atoms with Gasteiger partial charge in [-0.25, -0.2) is 9.78 Å². The Morgan fingerprint density at radius 2 is 1.92 bits per heavy atom. The van der Waals surface area contributed by atoms with Gasteiger partial charge >= 0.3 is 5.97 Å². The molecule has 0 atom stereocenters. The minimum Gasteiger partial charge on any atom is -0.477 e. The van der Waals surface area contributed by atoms with Crippen molar-refractivity contribution < 1.29 is 19.4 Å². The number of aromatic carboxylic acids is 1. The van der Waals surface area contributed by atoms with Crippen LogP contribution in [0.15, 0.2) is 30.6 Å². The van der Waals surface area contributed by atoms with Crippen molar-refractivity contribution in [3.63, 3.8) is 0 Å². The van der Waals surface area contributed by atoms with Gasteiger partial charge in [-0.15, -0.1) is 0 Å². The lowest BCUT2D eigenvalue weighted by Crippen LogP contribution is -2.10. The summed E-state index contributed by atoms with van der Waals surface area (Å²) in [4.78, 5) is 23.8. The molecule has 0 aliphatic carbocycles. The van der Waals surface area contributed by atoms with Crippen molar-refractivity contribution in [2.45, 2.75) is 12.8 Å². The predicted molar refractivity (Wildman–Crippen MR) is 96.4 cm³/mol. The summed E-state index contributed by atoms with van der Waals surface area (Å²) in [5.41, 5.74) is 5.68. The number of carboxylic acid groups (broad SMARTS) is 1. The van der Waals surface area contributed by atoms with Crippen LogP contribution in [0, 0.1) is 0 Å². The Morgan fingerprint density at radius 3 is 2.73 bits per heavy atom. The fourth-order valence-electron chi connectivity index (χ4n) is 2.57. The molecule has 26 heavy (non-hydrogen) atoms. The van der Waals surface area contributed by atoms with E-state index >= 15 is 0 Å². The molecule has 0 aliphatic rings. The van der Waals surface area contributed by atoms with Crippen molar-refractivity contribution in [1.82, 2.24) is 15.0 Å². The van der Waals surface area contributed by atoms with E-state index in [1.165, 1.54) is 6.07 Å². The van der Waals surface area contributed by atoms with Gasteiger partial charge in [0.1, 0.15) is 6.61 Å². The van der Waals surface area contributed by atoms with E-state index in [-0.39, 0.29) is 5.69 Å². The average Bonchev–Trinajstić information content (AvgIpc) is 2.66. The number of carbonyl (C=O) groups is 1. The van der Waals surface area contributed by atoms with Crippen LogP contribution in [0.1, 0.15) is 23.3 Å². The van der Waals surface area contributed by atoms with Gasteiger partial charge in [-0.2, -0.15) is 4.98 Å². The van der Waals surface area contributed by atoms with Gasteiger partial charge in [0.15, 0.2) is 11.3 Å². The van der Waals surface area contributed by atoms with Crippen molar-refractivity contribution in [1.29, 1.82) is 0 Å². The molecule has 0 aliphatic heterocycles. The van der Waals surface area contributed by atoms with Gasteiger partial charge in [-0.3, -0.25) is 4.98 Å². The summed E-state index contributed by atoms with van der Waals surface area (Å²) in [6.45, 7) is 2.06. The molecule has 3 heterocycles. The normalized spacial score (nSPS) is 11.1. The predicted octanol–water partition coefficient (Wildman–Crippen LogP) is 2.01. The highest BCUT2D eigenvalue weighted by Gasteiger charge is 2.13. The molecule has 0 amide bonds. The number of aromatic nitrogens is 3. The summed E-state index contributed by atoms with van der Waals surface area (Å²) < 4.78 is 11.3. The third kappa shape index (κ3) is 4.04. The fraction of sp³-hybridized carbons (Fsp3) is 0.333. The lowest BCUT2D eigenvalue weighted by molar-refractivity contribution is 0.0691. The van der Waals surface area contributed by atoms with Crippen molar-refractivity contribution in [2.24, 2.45) is 5.73 Å². The number of unbranched alkanes of at least 4 members (excludes halogenated alkanes) is 1. The van der Waals surface area contributed by atoms with Gasteiger partial charge in [0.25, 0.3) is 0 Å². The number of rotatable bonds is 9. The van der Waals surface area contributed by atoms with Crippen molar-refractivity contribution in [3.8, 4) is 5.88 Å². The molecule has 0 aromatic carbocycles. The maximum absolute atomic E-state index is 11.2. The van der Waals surface area contributed by atoms with Crippen LogP contribution in [0.2, 0.25) is 0 Å². The zero-order valence-corrected chi connectivity index (χ0v) is 14.2. The van der Waals surface area contributed by atoms with Gasteiger partial charge in [-0.1, -0.05) is 0 Å². The first-order valence-electron chi connectivity index (χ1n) is 8.39. The van der Waals surface area contributed by atoms with Crippen molar-refractivity contribution >= 4 is 27.8 Å². The number of hydrogen-bond acceptors (Lipinski definition) is 7. The molecule has 3 N–H and O–H groups in total. The van der Waals surface area contributed by atoms with E-state index in [0.29, 0.717) is 37.9 Å². The first-order valence-corrected chi connectivity index (χ1v) is 8.39. The zero-order valence-electron chi connectivity index (χ0n) is 14.2. The van der Waals surface area contributed by atoms with Gasteiger partial charge in [0.2, 0.25) is 5.88 Å². The second kappa shape index (κ2) is 8.50. The smallest absolute Gasteiger partial charge is 0.354 e. The van der Waals surface area contributed by atoms with Crippen LogP contribution in [-0.2, 0) is 4.74 Å². The summed E-state index contributed by atoms with van der Waals surface area (Å²) in [6.07, 6.45) is 5.20. The molecule has 8 heteroatoms. The molecule has 0 saturated heterocycles. The van der Waals surface area contributed by atoms with E-state index in [2.05, 4.69) is 15.0 Å². The number of hydrogen-bond donors (Lipinski definition) is 2. The van der Waals surface area contributed by atoms with Crippen LogP contribution in [0.25, 0.3) is 21.8 Å². The maximum atomic E-state index is 11.2. The van der Waals surface area contributed by atoms with E-state index in [0.717, 1.165) is 29.0 Å². The number of pyridine rings is 3. The second-order valence-corrected chi connectivity index (χ2v) is 5.67. The number of ether oxygens (including phenoxy) is 2. The van der Waals surface area contributed by atoms with E-state index in [9.17, 15) is 4.79 Å². The molecule has 0 unspecified atom stereocenters. The Hall–Kier alpha value is -2.84. The number of nitrogens with zero attached hydrogens (tertiary/aromatic N) is 3. The topological polar surface area (TPSA) is 120 Å². The lowest BCUT2D eigenvalue weighted by atomic mass is 10.1. The minimum atomic E-state index is -1.10. The molecule has 3 aromatic heterocycles. The maximum Gasteiger partial charge on any atom is 0.354 e. The summed E-state index contributed by atoms with van der Waals surface area (Å²) in [6, 6.07) is 4.95. The Labute approximate surface area is 150 Å². The number of nitrogens with two attached hydrogens (primary N) is 1. The average molecular weight is 356 g/mol. The SMILES string of the molecule is NCCCCOCCOc1nc2nc(C(=O)O)ccc2c2cnccc12. The first-order chi connectivity index (χ1) is 12.7. The van der Waals surface area contributed by atoms with Gasteiger partial charge < -0.3 is 20.3 Å². The van der Waals surface area contributed by atoms with E-state index in [4.69, 9.17) is 20.3 Å². The third-order valence-corrected chi connectivity index (χ3v) is 3.85. The second-order valence-electron chi connectivity index (χ2n) is 5.67. The Balaban J connectivity index is 1.82. The molecule has 136 valence electrons. The van der Waals surface area contributed by atoms with Gasteiger partial charge in [-0.05, 0) is 37.6 Å². The summed E-state index contributed by atoms with van der Waals surface area (Å²) in [7, 11) is 0. The molecule has 0 fully saturated rings. The van der Waals surface area contributed by atoms with Crippen molar-refractivity contribution in [2.75, 3.05) is 26.4 Å². The molecule has 0 radical (unpaired) electrons. The van der Waals surface area contributed by atoms with Crippen LogP contribution in [0.3, 0.4) is 0 Å². The van der Waals surface area contributed by atoms with Crippen LogP contribution in [0.5, 0.6) is 5.88 Å². The Morgan fingerprint density at radius 1 is 1.04 bits per heavy atom. The largest absolute Gasteiger partial charge is 0.477 e. The lowest BCUT2D eigenvalue weighted by Gasteiger charge is -2.11. The Kier molecular flexibility index (Phi) is 5.88. The number of fused-ring (bicyclic) bond motifs is 3. The van der Waals surface area contributed by atoms with Crippen molar-refractivity contribution in [3.05, 3.63) is 36.3 Å². The van der Waals surface area contributed by atoms with E-state index in [1.807, 2.05) is 6.07 Å². The Bertz CT molecular complexity index is 916. The van der Waals surface area contributed by atoms with Gasteiger partial charge in [0, 0.05) is 35.2 Å². The summed E-state index contributed by atoms with van der Waals surface area (Å²) in [5.74, 6) is -0.719. The summed E-state index contributed by atoms with van der Waals surface area (Å²) in [5, 5.41) is 11.5. The molecule has 3 rings (SSSR count). The standard InChI is InChI=1S/C18H20N4O4/c19-6-1-2-8-25-9-10-26-17-13-5-7-20-11-14(13)12-3-4-15(18(23)24)21-16(12)22-17/h3-5,7,11H,1-2,6,8-10,19H2,(H,23,24). The molecule has 0 saturated carbocycles. The number of carboxylic acids is 1. The first kappa shape index (κ1) is 18.0. The van der Waals surface area contributed by atoms with Gasteiger partial charge in [0.05, 0.1) is 6.61 Å². The third-order valence-electron chi connectivity index (χ3n) is 3.85. The van der Waals surface area contributed by atoms with Crippen LogP contribution in [0.4, 0.5) is 0 Å². The monoisotopic (exact) mass is 356 g/mol. The molecule has 0 bridgehead atoms. The highest BCUT2D eigenvalue weighted by molar-refractivity contribution is 6.06. The fourth-order valence-corrected chi connectivity index (χ4v) is 2.57. The van der Waals surface area contributed by atoms with E-state index < -0.39 is 5.97 Å². The van der Waals surface area contributed by atoms with Crippen LogP contribution in [-0.4, -0.2) is 52.4 Å². The minimum absolute atomic E-state index is 0.0672. The highest BCUT2D eigenvalue weighted by atomic mass is 16.5. The zero-order chi connectivity index (χ0) is 18.4. The van der Waals surface area contributed by atoms with Crippen LogP contribution >= 0.6 is 0 Å². The molecule has 0 spiro atoms. The molecular formula is C18H20N4O4. The molecule has 8 nitrogen and oxygen atoms in total. The highest BCUT2D eigenvalue weighted by Crippen LogP contribution is 2.29. The quantitative estimate of drug-likeness (QED) is 0.441. The van der Waals surface area contributed by atoms with Crippen LogP contribution < -0.4 is 10.5 Å². The summed E-state index contributed by atoms with van der Waals surface area (Å²) >= 11 is 0. The van der Waals surface area contributed by atoms with E-state index in [1.54, 1.807) is 18.5 Å². The molecular weight excluding hydrogens is 336 g/mol. The molecule has 3 aromatic rings.